The molecular formula is C12H20N2O. The second-order valence-corrected chi connectivity index (χ2v) is 3.41. The van der Waals surface area contributed by atoms with Crippen LogP contribution in [0.25, 0.3) is 0 Å². The standard InChI is InChI=1S/C12H20N2O/c1-2-15-11-3-7-13-8-4-12-5-9-14-10-6-12/h5-6,9-10,13H,2-4,7-8,11H2,1H3. The van der Waals surface area contributed by atoms with Crippen LogP contribution in [0.1, 0.15) is 18.9 Å². The topological polar surface area (TPSA) is 34.1 Å². The molecule has 0 aliphatic carbocycles. The van der Waals surface area contributed by atoms with Crippen LogP contribution in [0.2, 0.25) is 0 Å². The summed E-state index contributed by atoms with van der Waals surface area (Å²) in [5, 5.41) is 3.39. The molecule has 1 N–H and O–H groups in total. The third kappa shape index (κ3) is 6.20. The van der Waals surface area contributed by atoms with E-state index in [2.05, 4.69) is 22.4 Å². The van der Waals surface area contributed by atoms with E-state index in [4.69, 9.17) is 4.74 Å². The number of nitrogens with zero attached hydrogens (tertiary/aromatic N) is 1. The predicted octanol–water partition coefficient (Wildman–Crippen LogP) is 1.64. The third-order valence-corrected chi connectivity index (χ3v) is 2.19. The average molecular weight is 208 g/mol. The number of hydrogen-bond donors (Lipinski definition) is 1. The van der Waals surface area contributed by atoms with Gasteiger partial charge in [-0.05, 0) is 50.6 Å². The Kier molecular flexibility index (Phi) is 6.79. The first-order valence-electron chi connectivity index (χ1n) is 5.61. The lowest BCUT2D eigenvalue weighted by molar-refractivity contribution is 0.145. The lowest BCUT2D eigenvalue weighted by atomic mass is 10.2. The fraction of sp³-hybridized carbons (Fsp3) is 0.583. The number of pyridine rings is 1. The molecule has 1 aromatic rings. The van der Waals surface area contributed by atoms with Crippen molar-refractivity contribution in [2.45, 2.75) is 19.8 Å². The molecule has 0 bridgehead atoms. The number of hydrogen-bond acceptors (Lipinski definition) is 3. The minimum Gasteiger partial charge on any atom is -0.382 e. The van der Waals surface area contributed by atoms with Crippen molar-refractivity contribution < 1.29 is 4.74 Å². The summed E-state index contributed by atoms with van der Waals surface area (Å²) in [6.45, 7) is 5.76. The maximum Gasteiger partial charge on any atom is 0.0477 e. The molecular weight excluding hydrogens is 188 g/mol. The van der Waals surface area contributed by atoms with Crippen molar-refractivity contribution in [3.8, 4) is 0 Å². The first-order chi connectivity index (χ1) is 7.43. The Hall–Kier alpha value is -0.930. The van der Waals surface area contributed by atoms with Gasteiger partial charge in [0.25, 0.3) is 0 Å². The molecule has 3 nitrogen and oxygen atoms in total. The highest BCUT2D eigenvalue weighted by molar-refractivity contribution is 5.09. The van der Waals surface area contributed by atoms with Gasteiger partial charge in [-0.2, -0.15) is 0 Å². The number of aromatic nitrogens is 1. The molecule has 1 aromatic heterocycles. The Morgan fingerprint density at radius 2 is 2.07 bits per heavy atom. The lowest BCUT2D eigenvalue weighted by Gasteiger charge is -2.04. The third-order valence-electron chi connectivity index (χ3n) is 2.19. The van der Waals surface area contributed by atoms with Crippen molar-refractivity contribution in [3.05, 3.63) is 30.1 Å². The lowest BCUT2D eigenvalue weighted by Crippen LogP contribution is -2.19. The average Bonchev–Trinajstić information content (AvgIpc) is 2.29. The molecule has 0 fully saturated rings. The monoisotopic (exact) mass is 208 g/mol. The SMILES string of the molecule is CCOCCCNCCc1ccncc1. The van der Waals surface area contributed by atoms with Crippen LogP contribution < -0.4 is 5.32 Å². The van der Waals surface area contributed by atoms with E-state index >= 15 is 0 Å². The van der Waals surface area contributed by atoms with Gasteiger partial charge in [0.2, 0.25) is 0 Å². The van der Waals surface area contributed by atoms with Crippen molar-refractivity contribution in [1.29, 1.82) is 0 Å². The van der Waals surface area contributed by atoms with Gasteiger partial charge in [0.1, 0.15) is 0 Å². The van der Waals surface area contributed by atoms with Crippen LogP contribution in [0.15, 0.2) is 24.5 Å². The molecule has 0 saturated carbocycles. The van der Waals surface area contributed by atoms with Crippen molar-refractivity contribution in [2.24, 2.45) is 0 Å². The molecule has 0 aliphatic rings. The highest BCUT2D eigenvalue weighted by Gasteiger charge is 1.91. The van der Waals surface area contributed by atoms with Crippen molar-refractivity contribution in [3.63, 3.8) is 0 Å². The fourth-order valence-electron chi connectivity index (χ4n) is 1.35. The Bertz CT molecular complexity index is 239. The molecule has 0 unspecified atom stereocenters. The Morgan fingerprint density at radius 1 is 1.27 bits per heavy atom. The molecule has 15 heavy (non-hydrogen) atoms. The first kappa shape index (κ1) is 12.1. The molecule has 0 aromatic carbocycles. The minimum atomic E-state index is 0.816. The molecule has 1 rings (SSSR count). The largest absolute Gasteiger partial charge is 0.382 e. The van der Waals surface area contributed by atoms with E-state index in [0.29, 0.717) is 0 Å². The number of ether oxygens (including phenoxy) is 1. The van der Waals surface area contributed by atoms with Gasteiger partial charge in [-0.3, -0.25) is 4.98 Å². The molecule has 0 aliphatic heterocycles. The van der Waals surface area contributed by atoms with Crippen LogP contribution >= 0.6 is 0 Å². The van der Waals surface area contributed by atoms with Crippen LogP contribution in [0.4, 0.5) is 0 Å². The van der Waals surface area contributed by atoms with Gasteiger partial charge in [-0.25, -0.2) is 0 Å². The van der Waals surface area contributed by atoms with E-state index in [1.807, 2.05) is 19.3 Å². The molecule has 0 radical (unpaired) electrons. The van der Waals surface area contributed by atoms with Crippen LogP contribution in [0.3, 0.4) is 0 Å². The van der Waals surface area contributed by atoms with Gasteiger partial charge in [0.15, 0.2) is 0 Å². The molecule has 0 amide bonds. The normalized spacial score (nSPS) is 10.5. The fourth-order valence-corrected chi connectivity index (χ4v) is 1.35. The summed E-state index contributed by atoms with van der Waals surface area (Å²) in [5.74, 6) is 0. The van der Waals surface area contributed by atoms with E-state index in [0.717, 1.165) is 39.1 Å². The van der Waals surface area contributed by atoms with E-state index in [-0.39, 0.29) is 0 Å². The molecule has 84 valence electrons. The van der Waals surface area contributed by atoms with Gasteiger partial charge in [-0.15, -0.1) is 0 Å². The van der Waals surface area contributed by atoms with E-state index < -0.39 is 0 Å². The second kappa shape index (κ2) is 8.38. The van der Waals surface area contributed by atoms with Gasteiger partial charge in [0, 0.05) is 25.6 Å². The number of nitrogens with one attached hydrogen (secondary N) is 1. The quantitative estimate of drug-likeness (QED) is 0.659. The Labute approximate surface area is 91.9 Å². The van der Waals surface area contributed by atoms with Gasteiger partial charge >= 0.3 is 0 Å². The summed E-state index contributed by atoms with van der Waals surface area (Å²) in [6, 6.07) is 4.11. The summed E-state index contributed by atoms with van der Waals surface area (Å²) in [4.78, 5) is 3.99. The van der Waals surface area contributed by atoms with Gasteiger partial charge in [-0.1, -0.05) is 0 Å². The summed E-state index contributed by atoms with van der Waals surface area (Å²) >= 11 is 0. The highest BCUT2D eigenvalue weighted by Crippen LogP contribution is 1.95. The van der Waals surface area contributed by atoms with E-state index in [1.165, 1.54) is 5.56 Å². The molecule has 0 spiro atoms. The maximum absolute atomic E-state index is 5.25. The van der Waals surface area contributed by atoms with Gasteiger partial charge < -0.3 is 10.1 Å². The van der Waals surface area contributed by atoms with Crippen molar-refractivity contribution >= 4 is 0 Å². The molecule has 0 atom stereocenters. The van der Waals surface area contributed by atoms with Crippen LogP contribution in [-0.4, -0.2) is 31.3 Å². The summed E-state index contributed by atoms with van der Waals surface area (Å²) < 4.78 is 5.25. The minimum absolute atomic E-state index is 0.816. The van der Waals surface area contributed by atoms with Crippen LogP contribution in [0, 0.1) is 0 Å². The van der Waals surface area contributed by atoms with Crippen LogP contribution in [-0.2, 0) is 11.2 Å². The zero-order valence-electron chi connectivity index (χ0n) is 9.41. The van der Waals surface area contributed by atoms with Crippen LogP contribution in [0.5, 0.6) is 0 Å². The van der Waals surface area contributed by atoms with Crippen molar-refractivity contribution in [1.82, 2.24) is 10.3 Å². The maximum atomic E-state index is 5.25. The van der Waals surface area contributed by atoms with E-state index in [9.17, 15) is 0 Å². The summed E-state index contributed by atoms with van der Waals surface area (Å²) in [6.07, 6.45) is 5.83. The van der Waals surface area contributed by atoms with Gasteiger partial charge in [0.05, 0.1) is 0 Å². The predicted molar refractivity (Wildman–Crippen MR) is 61.9 cm³/mol. The van der Waals surface area contributed by atoms with E-state index in [1.54, 1.807) is 0 Å². The second-order valence-electron chi connectivity index (χ2n) is 3.41. The molecule has 0 saturated heterocycles. The first-order valence-corrected chi connectivity index (χ1v) is 5.61. The summed E-state index contributed by atoms with van der Waals surface area (Å²) in [5.41, 5.74) is 1.34. The molecule has 1 heterocycles. The van der Waals surface area contributed by atoms with Crippen molar-refractivity contribution in [2.75, 3.05) is 26.3 Å². The molecule has 3 heteroatoms. The Balaban J connectivity index is 1.93. The zero-order valence-corrected chi connectivity index (χ0v) is 9.41. The smallest absolute Gasteiger partial charge is 0.0477 e. The Morgan fingerprint density at radius 3 is 2.80 bits per heavy atom. The number of rotatable bonds is 8. The zero-order chi connectivity index (χ0) is 10.8. The summed E-state index contributed by atoms with van der Waals surface area (Å²) in [7, 11) is 0. The highest BCUT2D eigenvalue weighted by atomic mass is 16.5.